The Hall–Kier alpha value is -2.85. The number of rotatable bonds is 7. The Morgan fingerprint density at radius 2 is 1.79 bits per heavy atom. The van der Waals surface area contributed by atoms with Crippen molar-refractivity contribution in [1.29, 1.82) is 0 Å². The average molecular weight is 451 g/mol. The largest absolute Gasteiger partial charge is 0.496 e. The minimum absolute atomic E-state index is 0.0460. The molecular weight excluding hydrogens is 428 g/mol. The van der Waals surface area contributed by atoms with Crippen molar-refractivity contribution in [2.24, 2.45) is 0 Å². The number of benzene rings is 3. The van der Waals surface area contributed by atoms with Crippen molar-refractivity contribution >= 4 is 27.8 Å². The fraction of sp³-hybridized carbons (Fsp3) is 0.160. The molecule has 148 valence electrons. The van der Waals surface area contributed by atoms with E-state index < -0.39 is 0 Å². The van der Waals surface area contributed by atoms with E-state index in [0.29, 0.717) is 12.2 Å². The van der Waals surface area contributed by atoms with Gasteiger partial charge in [0.2, 0.25) is 0 Å². The standard InChI is InChI=1S/C25H23BrO3/c1-17-6-4-9-24(18(17)2)29-16-21-14-19(11-13-25(21)28-3)10-12-23(27)20-7-5-8-22(26)15-20/h4-15H,16H2,1-3H3/b12-10+. The molecule has 0 saturated carbocycles. The lowest BCUT2D eigenvalue weighted by molar-refractivity contribution is 0.104. The minimum atomic E-state index is -0.0460. The number of aryl methyl sites for hydroxylation is 1. The van der Waals surface area contributed by atoms with Crippen LogP contribution in [0, 0.1) is 13.8 Å². The maximum Gasteiger partial charge on any atom is 0.185 e. The van der Waals surface area contributed by atoms with Crippen molar-refractivity contribution in [3.8, 4) is 11.5 Å². The van der Waals surface area contributed by atoms with Gasteiger partial charge >= 0.3 is 0 Å². The molecule has 3 aromatic rings. The zero-order valence-electron chi connectivity index (χ0n) is 16.7. The topological polar surface area (TPSA) is 35.5 Å². The SMILES string of the molecule is COc1ccc(/C=C/C(=O)c2cccc(Br)c2)cc1COc1cccc(C)c1C. The first-order valence-electron chi connectivity index (χ1n) is 9.32. The summed E-state index contributed by atoms with van der Waals surface area (Å²) in [6, 6.07) is 19.2. The van der Waals surface area contributed by atoms with Crippen LogP contribution in [0.1, 0.15) is 32.6 Å². The maximum atomic E-state index is 12.4. The predicted octanol–water partition coefficient (Wildman–Crippen LogP) is 6.55. The third-order valence-electron chi connectivity index (χ3n) is 4.78. The van der Waals surface area contributed by atoms with Crippen molar-refractivity contribution in [3.63, 3.8) is 0 Å². The number of carbonyl (C=O) groups is 1. The summed E-state index contributed by atoms with van der Waals surface area (Å²) >= 11 is 3.39. The first-order valence-corrected chi connectivity index (χ1v) is 10.1. The molecule has 0 aliphatic heterocycles. The summed E-state index contributed by atoms with van der Waals surface area (Å²) in [5.74, 6) is 1.57. The Kier molecular flexibility index (Phi) is 6.89. The van der Waals surface area contributed by atoms with Crippen molar-refractivity contribution in [3.05, 3.63) is 99.0 Å². The third kappa shape index (κ3) is 5.36. The number of ketones is 1. The molecule has 3 rings (SSSR count). The van der Waals surface area contributed by atoms with Crippen LogP contribution in [0.25, 0.3) is 6.08 Å². The molecule has 0 aliphatic carbocycles. The van der Waals surface area contributed by atoms with E-state index in [1.54, 1.807) is 19.3 Å². The molecule has 29 heavy (non-hydrogen) atoms. The summed E-state index contributed by atoms with van der Waals surface area (Å²) in [6.07, 6.45) is 3.39. The van der Waals surface area contributed by atoms with Crippen LogP contribution in [-0.2, 0) is 6.61 Å². The molecule has 0 N–H and O–H groups in total. The molecule has 3 aromatic carbocycles. The molecule has 0 amide bonds. The van der Waals surface area contributed by atoms with E-state index in [9.17, 15) is 4.79 Å². The first-order chi connectivity index (χ1) is 14.0. The molecule has 0 heterocycles. The number of ether oxygens (including phenoxy) is 2. The number of halogens is 1. The van der Waals surface area contributed by atoms with E-state index in [4.69, 9.17) is 9.47 Å². The van der Waals surface area contributed by atoms with Gasteiger partial charge in [-0.1, -0.05) is 52.3 Å². The summed E-state index contributed by atoms with van der Waals surface area (Å²) in [7, 11) is 1.64. The Morgan fingerprint density at radius 1 is 1.00 bits per heavy atom. The second-order valence-corrected chi connectivity index (χ2v) is 7.68. The van der Waals surface area contributed by atoms with E-state index >= 15 is 0 Å². The zero-order valence-corrected chi connectivity index (χ0v) is 18.3. The molecule has 0 fully saturated rings. The lowest BCUT2D eigenvalue weighted by Crippen LogP contribution is -2.01. The van der Waals surface area contributed by atoms with Gasteiger partial charge < -0.3 is 9.47 Å². The monoisotopic (exact) mass is 450 g/mol. The number of allylic oxidation sites excluding steroid dienone is 1. The van der Waals surface area contributed by atoms with E-state index in [0.717, 1.165) is 32.7 Å². The van der Waals surface area contributed by atoms with Crippen LogP contribution in [0.3, 0.4) is 0 Å². The highest BCUT2D eigenvalue weighted by molar-refractivity contribution is 9.10. The van der Waals surface area contributed by atoms with Gasteiger partial charge in [-0.15, -0.1) is 0 Å². The molecule has 0 spiro atoms. The normalized spacial score (nSPS) is 10.9. The first kappa shape index (κ1) is 20.9. The van der Waals surface area contributed by atoms with E-state index in [-0.39, 0.29) is 5.78 Å². The molecule has 3 nitrogen and oxygen atoms in total. The number of carbonyl (C=O) groups excluding carboxylic acids is 1. The van der Waals surface area contributed by atoms with Crippen LogP contribution in [-0.4, -0.2) is 12.9 Å². The highest BCUT2D eigenvalue weighted by Gasteiger charge is 2.08. The van der Waals surface area contributed by atoms with Gasteiger partial charge in [0, 0.05) is 15.6 Å². The van der Waals surface area contributed by atoms with Crippen LogP contribution in [0.15, 0.2) is 71.2 Å². The summed E-state index contributed by atoms with van der Waals surface area (Å²) in [5.41, 5.74) is 4.79. The average Bonchev–Trinajstić information content (AvgIpc) is 2.73. The summed E-state index contributed by atoms with van der Waals surface area (Å²) < 4.78 is 12.4. The molecule has 0 unspecified atom stereocenters. The number of hydrogen-bond donors (Lipinski definition) is 0. The second kappa shape index (κ2) is 9.57. The van der Waals surface area contributed by atoms with E-state index in [2.05, 4.69) is 35.8 Å². The Bertz CT molecular complexity index is 1050. The Balaban J connectivity index is 1.77. The van der Waals surface area contributed by atoms with Crippen LogP contribution in [0.2, 0.25) is 0 Å². The van der Waals surface area contributed by atoms with Gasteiger partial charge in [0.1, 0.15) is 18.1 Å². The van der Waals surface area contributed by atoms with E-state index in [1.165, 1.54) is 5.56 Å². The number of hydrogen-bond acceptors (Lipinski definition) is 3. The predicted molar refractivity (Wildman–Crippen MR) is 121 cm³/mol. The van der Waals surface area contributed by atoms with Crippen molar-refractivity contribution in [2.45, 2.75) is 20.5 Å². The van der Waals surface area contributed by atoms with Crippen LogP contribution in [0.5, 0.6) is 11.5 Å². The molecule has 0 radical (unpaired) electrons. The quantitative estimate of drug-likeness (QED) is 0.302. The van der Waals surface area contributed by atoms with Crippen molar-refractivity contribution in [1.82, 2.24) is 0 Å². The Labute approximate surface area is 180 Å². The second-order valence-electron chi connectivity index (χ2n) is 6.77. The number of methoxy groups -OCH3 is 1. The van der Waals surface area contributed by atoms with Gasteiger partial charge in [0.25, 0.3) is 0 Å². The Morgan fingerprint density at radius 3 is 2.55 bits per heavy atom. The van der Waals surface area contributed by atoms with Gasteiger partial charge in [-0.2, -0.15) is 0 Å². The van der Waals surface area contributed by atoms with Gasteiger partial charge in [-0.05, 0) is 66.9 Å². The minimum Gasteiger partial charge on any atom is -0.496 e. The third-order valence-corrected chi connectivity index (χ3v) is 5.27. The fourth-order valence-electron chi connectivity index (χ4n) is 2.96. The van der Waals surface area contributed by atoms with Crippen molar-refractivity contribution < 1.29 is 14.3 Å². The molecule has 0 atom stereocenters. The maximum absolute atomic E-state index is 12.4. The van der Waals surface area contributed by atoms with Gasteiger partial charge in [0.15, 0.2) is 5.78 Å². The molecule has 0 aliphatic rings. The molecule has 0 aromatic heterocycles. The summed E-state index contributed by atoms with van der Waals surface area (Å²) in [4.78, 5) is 12.4. The van der Waals surface area contributed by atoms with Crippen LogP contribution in [0.4, 0.5) is 0 Å². The molecule has 0 bridgehead atoms. The molecule has 4 heteroatoms. The highest BCUT2D eigenvalue weighted by Crippen LogP contribution is 2.26. The van der Waals surface area contributed by atoms with Gasteiger partial charge in [-0.25, -0.2) is 0 Å². The summed E-state index contributed by atoms with van der Waals surface area (Å²) in [6.45, 7) is 4.50. The van der Waals surface area contributed by atoms with Gasteiger partial charge in [-0.3, -0.25) is 4.79 Å². The van der Waals surface area contributed by atoms with Crippen LogP contribution >= 0.6 is 15.9 Å². The van der Waals surface area contributed by atoms with Gasteiger partial charge in [0.05, 0.1) is 7.11 Å². The molecular formula is C25H23BrO3. The van der Waals surface area contributed by atoms with Crippen molar-refractivity contribution in [2.75, 3.05) is 7.11 Å². The van der Waals surface area contributed by atoms with Crippen LogP contribution < -0.4 is 9.47 Å². The lowest BCUT2D eigenvalue weighted by atomic mass is 10.1. The lowest BCUT2D eigenvalue weighted by Gasteiger charge is -2.13. The fourth-order valence-corrected chi connectivity index (χ4v) is 3.36. The summed E-state index contributed by atoms with van der Waals surface area (Å²) in [5, 5.41) is 0. The van der Waals surface area contributed by atoms with E-state index in [1.807, 2.05) is 54.6 Å². The molecule has 0 saturated heterocycles. The zero-order chi connectivity index (χ0) is 20.8. The highest BCUT2D eigenvalue weighted by atomic mass is 79.9. The smallest absolute Gasteiger partial charge is 0.185 e.